The van der Waals surface area contributed by atoms with Crippen LogP contribution < -0.4 is 5.32 Å². The number of nitrogens with zero attached hydrogens (tertiary/aromatic N) is 3. The normalized spacial score (nSPS) is 29.9. The average Bonchev–Trinajstić information content (AvgIpc) is 3.10. The zero-order valence-electron chi connectivity index (χ0n) is 17.4. The van der Waals surface area contributed by atoms with Crippen molar-refractivity contribution in [3.63, 3.8) is 0 Å². The third kappa shape index (κ3) is 3.32. The molecule has 154 valence electrons. The molecule has 6 nitrogen and oxygen atoms in total. The van der Waals surface area contributed by atoms with Crippen molar-refractivity contribution in [2.45, 2.75) is 51.9 Å². The Bertz CT molecular complexity index is 928. The summed E-state index contributed by atoms with van der Waals surface area (Å²) in [5.74, 6) is 3.19. The van der Waals surface area contributed by atoms with Gasteiger partial charge < -0.3 is 10.2 Å². The monoisotopic (exact) mass is 394 g/mol. The Labute approximate surface area is 171 Å². The maximum Gasteiger partial charge on any atom is 0.273 e. The summed E-state index contributed by atoms with van der Waals surface area (Å²) in [7, 11) is 1.76. The maximum atomic E-state index is 13.0. The number of hydrogen-bond donors (Lipinski definition) is 1. The lowest BCUT2D eigenvalue weighted by Crippen LogP contribution is -2.47. The first kappa shape index (κ1) is 18.6. The molecule has 4 fully saturated rings. The van der Waals surface area contributed by atoms with Crippen molar-refractivity contribution < 1.29 is 9.59 Å². The van der Waals surface area contributed by atoms with Crippen molar-refractivity contribution in [3.8, 4) is 0 Å². The fourth-order valence-electron chi connectivity index (χ4n) is 6.59. The number of nitrogens with one attached hydrogen (secondary N) is 1. The molecule has 4 bridgehead atoms. The minimum atomic E-state index is -0.109. The summed E-state index contributed by atoms with van der Waals surface area (Å²) >= 11 is 0. The molecule has 6 rings (SSSR count). The lowest BCUT2D eigenvalue weighted by molar-refractivity contribution is -0.124. The predicted octanol–water partition coefficient (Wildman–Crippen LogP) is 3.97. The van der Waals surface area contributed by atoms with Crippen LogP contribution in [0.1, 0.15) is 62.4 Å². The van der Waals surface area contributed by atoms with Crippen LogP contribution in [0.4, 0.5) is 5.82 Å². The van der Waals surface area contributed by atoms with Gasteiger partial charge in [-0.15, -0.1) is 0 Å². The highest BCUT2D eigenvalue weighted by atomic mass is 16.2. The summed E-state index contributed by atoms with van der Waals surface area (Å²) in [6, 6.07) is 5.61. The van der Waals surface area contributed by atoms with Crippen LogP contribution in [0.5, 0.6) is 0 Å². The van der Waals surface area contributed by atoms with Gasteiger partial charge in [-0.3, -0.25) is 14.0 Å². The Morgan fingerprint density at radius 2 is 1.83 bits per heavy atom. The van der Waals surface area contributed by atoms with Gasteiger partial charge in [-0.25, -0.2) is 4.98 Å². The zero-order chi connectivity index (χ0) is 20.2. The van der Waals surface area contributed by atoms with Crippen LogP contribution in [0.15, 0.2) is 24.4 Å². The van der Waals surface area contributed by atoms with Gasteiger partial charge in [0.1, 0.15) is 17.2 Å². The van der Waals surface area contributed by atoms with E-state index in [9.17, 15) is 9.59 Å². The fraction of sp³-hybridized carbons (Fsp3) is 0.609. The van der Waals surface area contributed by atoms with E-state index in [1.54, 1.807) is 18.1 Å². The van der Waals surface area contributed by atoms with Crippen LogP contribution in [0.2, 0.25) is 0 Å². The second-order valence-electron chi connectivity index (χ2n) is 9.73. The lowest BCUT2D eigenvalue weighted by Gasteiger charge is -2.56. The van der Waals surface area contributed by atoms with Gasteiger partial charge in [0.15, 0.2) is 0 Å². The van der Waals surface area contributed by atoms with Crippen molar-refractivity contribution in [2.24, 2.45) is 23.2 Å². The quantitative estimate of drug-likeness (QED) is 0.834. The number of aromatic nitrogens is 2. The molecule has 0 atom stereocenters. The zero-order valence-corrected chi connectivity index (χ0v) is 17.4. The number of hydrogen-bond acceptors (Lipinski definition) is 3. The van der Waals surface area contributed by atoms with E-state index in [0.29, 0.717) is 30.1 Å². The molecule has 2 aromatic rings. The average molecular weight is 395 g/mol. The Morgan fingerprint density at radius 3 is 2.45 bits per heavy atom. The number of rotatable bonds is 5. The molecular weight excluding hydrogens is 364 g/mol. The predicted molar refractivity (Wildman–Crippen MR) is 112 cm³/mol. The molecule has 4 saturated carbocycles. The van der Waals surface area contributed by atoms with Crippen LogP contribution in [0, 0.1) is 23.2 Å². The van der Waals surface area contributed by atoms with Crippen LogP contribution in [-0.2, 0) is 4.79 Å². The van der Waals surface area contributed by atoms with E-state index in [1.807, 2.05) is 29.5 Å². The van der Waals surface area contributed by atoms with E-state index < -0.39 is 0 Å². The Morgan fingerprint density at radius 1 is 1.17 bits per heavy atom. The van der Waals surface area contributed by atoms with Crippen molar-refractivity contribution in [1.82, 2.24) is 14.3 Å². The number of anilines is 1. The van der Waals surface area contributed by atoms with Gasteiger partial charge in [-0.1, -0.05) is 6.07 Å². The molecule has 0 aliphatic heterocycles. The third-order valence-electron chi connectivity index (χ3n) is 7.50. The summed E-state index contributed by atoms with van der Waals surface area (Å²) in [5.41, 5.74) is 1.29. The molecule has 0 spiro atoms. The van der Waals surface area contributed by atoms with Crippen molar-refractivity contribution >= 4 is 23.3 Å². The molecular formula is C23H30N4O2. The number of carbonyl (C=O) groups excluding carboxylic acids is 2. The van der Waals surface area contributed by atoms with Crippen LogP contribution in [0.25, 0.3) is 5.65 Å². The smallest absolute Gasteiger partial charge is 0.273 e. The van der Waals surface area contributed by atoms with Gasteiger partial charge in [0, 0.05) is 26.2 Å². The van der Waals surface area contributed by atoms with Gasteiger partial charge in [-0.05, 0) is 80.8 Å². The SMILES string of the molecule is CCN(C)C(=O)c1cn2c(NC(=O)CC34CC5CC(CC(C5)C3)C4)cccc2n1. The van der Waals surface area contributed by atoms with Gasteiger partial charge in [0.2, 0.25) is 5.91 Å². The number of pyridine rings is 1. The number of carbonyl (C=O) groups is 2. The molecule has 4 aliphatic carbocycles. The van der Waals surface area contributed by atoms with E-state index in [-0.39, 0.29) is 17.2 Å². The van der Waals surface area contributed by atoms with Crippen LogP contribution in [0.3, 0.4) is 0 Å². The molecule has 6 heteroatoms. The molecule has 1 N–H and O–H groups in total. The van der Waals surface area contributed by atoms with Crippen molar-refractivity contribution in [2.75, 3.05) is 18.9 Å². The molecule has 0 unspecified atom stereocenters. The first-order valence-corrected chi connectivity index (χ1v) is 11.0. The molecule has 2 aromatic heterocycles. The topological polar surface area (TPSA) is 66.7 Å². The summed E-state index contributed by atoms with van der Waals surface area (Å²) < 4.78 is 1.81. The van der Waals surface area contributed by atoms with E-state index in [0.717, 1.165) is 17.8 Å². The van der Waals surface area contributed by atoms with Crippen LogP contribution >= 0.6 is 0 Å². The third-order valence-corrected chi connectivity index (χ3v) is 7.50. The van der Waals surface area contributed by atoms with Gasteiger partial charge >= 0.3 is 0 Å². The second kappa shape index (κ2) is 6.85. The number of fused-ring (bicyclic) bond motifs is 1. The maximum absolute atomic E-state index is 13.0. The molecule has 29 heavy (non-hydrogen) atoms. The van der Waals surface area contributed by atoms with Gasteiger partial charge in [0.25, 0.3) is 5.91 Å². The first-order valence-electron chi connectivity index (χ1n) is 11.0. The highest BCUT2D eigenvalue weighted by Crippen LogP contribution is 2.61. The number of amides is 2. The summed E-state index contributed by atoms with van der Waals surface area (Å²) in [6.07, 6.45) is 10.2. The fourth-order valence-corrected chi connectivity index (χ4v) is 6.59. The second-order valence-corrected chi connectivity index (χ2v) is 9.73. The van der Waals surface area contributed by atoms with Crippen molar-refractivity contribution in [3.05, 3.63) is 30.1 Å². The first-order chi connectivity index (χ1) is 13.9. The molecule has 0 saturated heterocycles. The van der Waals surface area contributed by atoms with Crippen LogP contribution in [-0.4, -0.2) is 39.7 Å². The minimum Gasteiger partial charge on any atom is -0.341 e. The van der Waals surface area contributed by atoms with E-state index in [2.05, 4.69) is 10.3 Å². The Hall–Kier alpha value is -2.37. The molecule has 2 amide bonds. The standard InChI is InChI=1S/C23H30N4O2/c1-3-26(2)22(29)18-14-27-19(24-18)5-4-6-20(27)25-21(28)13-23-10-15-7-16(11-23)9-17(8-15)12-23/h4-6,14-17H,3,7-13H2,1-2H3,(H,25,28). The summed E-state index contributed by atoms with van der Waals surface area (Å²) in [6.45, 7) is 2.56. The molecule has 2 heterocycles. The lowest BCUT2D eigenvalue weighted by atomic mass is 9.49. The molecule has 0 radical (unpaired) electrons. The van der Waals surface area contributed by atoms with Gasteiger partial charge in [0.05, 0.1) is 0 Å². The molecule has 0 aromatic carbocycles. The largest absolute Gasteiger partial charge is 0.341 e. The van der Waals surface area contributed by atoms with E-state index in [4.69, 9.17) is 0 Å². The van der Waals surface area contributed by atoms with Crippen molar-refractivity contribution in [1.29, 1.82) is 0 Å². The number of imidazole rings is 1. The Kier molecular flexibility index (Phi) is 4.41. The Balaban J connectivity index is 1.34. The van der Waals surface area contributed by atoms with Gasteiger partial charge in [-0.2, -0.15) is 0 Å². The summed E-state index contributed by atoms with van der Waals surface area (Å²) in [5, 5.41) is 3.11. The highest BCUT2D eigenvalue weighted by molar-refractivity contribution is 5.94. The van der Waals surface area contributed by atoms with E-state index >= 15 is 0 Å². The molecule has 4 aliphatic rings. The highest BCUT2D eigenvalue weighted by Gasteiger charge is 2.51. The van der Waals surface area contributed by atoms with E-state index in [1.165, 1.54) is 38.5 Å². The summed E-state index contributed by atoms with van der Waals surface area (Å²) in [4.78, 5) is 31.6. The minimum absolute atomic E-state index is 0.0895.